The lowest BCUT2D eigenvalue weighted by atomic mass is 9.96. The van der Waals surface area contributed by atoms with Crippen LogP contribution in [0.25, 0.3) is 0 Å². The minimum Gasteiger partial charge on any atom is -0.338 e. The summed E-state index contributed by atoms with van der Waals surface area (Å²) in [5.41, 5.74) is 1.37. The third-order valence-corrected chi connectivity index (χ3v) is 7.55. The Balaban J connectivity index is 1.34. The van der Waals surface area contributed by atoms with Gasteiger partial charge in [0.25, 0.3) is 5.91 Å². The van der Waals surface area contributed by atoms with Crippen molar-refractivity contribution in [2.45, 2.75) is 68.1 Å². The maximum absolute atomic E-state index is 13.3. The highest BCUT2D eigenvalue weighted by Crippen LogP contribution is 2.36. The fraction of sp³-hybridized carbons (Fsp3) is 0.545. The highest BCUT2D eigenvalue weighted by atomic mass is 32.2. The Hall–Kier alpha value is -2.35. The Labute approximate surface area is 180 Å². The van der Waals surface area contributed by atoms with E-state index in [1.54, 1.807) is 0 Å². The van der Waals surface area contributed by atoms with Gasteiger partial charge >= 0.3 is 0 Å². The molecule has 1 fully saturated rings. The fourth-order valence-electron chi connectivity index (χ4n) is 4.71. The number of hydrogen-bond acceptors (Lipinski definition) is 5. The molecule has 0 radical (unpaired) electrons. The molecule has 2 amide bonds. The molecule has 4 heterocycles. The van der Waals surface area contributed by atoms with Gasteiger partial charge in [-0.1, -0.05) is 6.42 Å². The molecular weight excluding hydrogens is 398 g/mol. The van der Waals surface area contributed by atoms with Crippen molar-refractivity contribution in [3.63, 3.8) is 0 Å². The second-order valence-electron chi connectivity index (χ2n) is 8.49. The molecule has 3 aliphatic heterocycles. The van der Waals surface area contributed by atoms with E-state index in [9.17, 15) is 9.59 Å². The van der Waals surface area contributed by atoms with Crippen LogP contribution in [0.3, 0.4) is 0 Å². The van der Waals surface area contributed by atoms with Crippen LogP contribution in [0.2, 0.25) is 0 Å². The van der Waals surface area contributed by atoms with Crippen LogP contribution >= 0.6 is 11.8 Å². The van der Waals surface area contributed by atoms with E-state index in [0.29, 0.717) is 12.1 Å². The Morgan fingerprint density at radius 3 is 2.97 bits per heavy atom. The molecule has 2 unspecified atom stereocenters. The zero-order chi connectivity index (χ0) is 20.7. The van der Waals surface area contributed by atoms with E-state index in [1.165, 1.54) is 31.0 Å². The second-order valence-corrected chi connectivity index (χ2v) is 9.87. The predicted octanol–water partition coefficient (Wildman–Crippen LogP) is 3.46. The molecule has 3 aliphatic rings. The van der Waals surface area contributed by atoms with Crippen molar-refractivity contribution in [2.24, 2.45) is 0 Å². The van der Waals surface area contributed by atoms with Crippen LogP contribution in [0, 0.1) is 0 Å². The minimum absolute atomic E-state index is 0.0114. The molecule has 30 heavy (non-hydrogen) atoms. The first-order valence-electron chi connectivity index (χ1n) is 10.9. The molecule has 7 nitrogen and oxygen atoms in total. The highest BCUT2D eigenvalue weighted by molar-refractivity contribution is 8.00. The third kappa shape index (κ3) is 3.62. The zero-order valence-corrected chi connectivity index (χ0v) is 18.1. The van der Waals surface area contributed by atoms with E-state index in [0.717, 1.165) is 54.6 Å². The van der Waals surface area contributed by atoms with E-state index in [-0.39, 0.29) is 23.0 Å². The third-order valence-electron chi connectivity index (χ3n) is 6.37. The number of aryl methyl sites for hydroxylation is 1. The fourth-order valence-corrected chi connectivity index (χ4v) is 5.64. The van der Waals surface area contributed by atoms with Crippen LogP contribution < -0.4 is 5.32 Å². The van der Waals surface area contributed by atoms with E-state index in [4.69, 9.17) is 0 Å². The molecule has 8 heteroatoms. The van der Waals surface area contributed by atoms with Crippen LogP contribution in [0.1, 0.15) is 67.0 Å². The van der Waals surface area contributed by atoms with Crippen molar-refractivity contribution in [2.75, 3.05) is 18.4 Å². The summed E-state index contributed by atoms with van der Waals surface area (Å²) in [6, 6.07) is 5.65. The van der Waals surface area contributed by atoms with Gasteiger partial charge < -0.3 is 14.8 Å². The van der Waals surface area contributed by atoms with Gasteiger partial charge in [0, 0.05) is 42.4 Å². The topological polar surface area (TPSA) is 80.1 Å². The summed E-state index contributed by atoms with van der Waals surface area (Å²) in [7, 11) is 0. The maximum atomic E-state index is 13.3. The normalized spacial score (nSPS) is 23.9. The summed E-state index contributed by atoms with van der Waals surface area (Å²) >= 11 is 1.53. The number of hydrogen-bond donors (Lipinski definition) is 1. The Kier molecular flexibility index (Phi) is 5.26. The largest absolute Gasteiger partial charge is 0.338 e. The molecule has 2 aromatic rings. The molecule has 2 atom stereocenters. The lowest BCUT2D eigenvalue weighted by Crippen LogP contribution is -2.40. The van der Waals surface area contributed by atoms with Gasteiger partial charge in [0.15, 0.2) is 0 Å². The predicted molar refractivity (Wildman–Crippen MR) is 116 cm³/mol. The number of piperidine rings is 1. The first-order chi connectivity index (χ1) is 14.6. The number of benzene rings is 1. The SMILES string of the molecule is CC1Sc2ccc(C(=O)N3CCCC(c4nnc5n4CCCCC5)C3)cc2NC1=O. The molecule has 0 aliphatic carbocycles. The van der Waals surface area contributed by atoms with Crippen molar-refractivity contribution in [1.29, 1.82) is 0 Å². The number of carbonyl (C=O) groups excluding carboxylic acids is 2. The van der Waals surface area contributed by atoms with Crippen LogP contribution in [0.15, 0.2) is 23.1 Å². The van der Waals surface area contributed by atoms with E-state index < -0.39 is 0 Å². The maximum Gasteiger partial charge on any atom is 0.253 e. The van der Waals surface area contributed by atoms with Crippen LogP contribution in [-0.4, -0.2) is 49.8 Å². The number of rotatable bonds is 2. The van der Waals surface area contributed by atoms with Crippen molar-refractivity contribution >= 4 is 29.3 Å². The Morgan fingerprint density at radius 1 is 1.17 bits per heavy atom. The highest BCUT2D eigenvalue weighted by Gasteiger charge is 2.31. The average Bonchev–Trinajstić information content (AvgIpc) is 3.02. The smallest absolute Gasteiger partial charge is 0.253 e. The minimum atomic E-state index is -0.111. The first-order valence-corrected chi connectivity index (χ1v) is 11.8. The number of fused-ring (bicyclic) bond motifs is 2. The van der Waals surface area contributed by atoms with Gasteiger partial charge in [-0.3, -0.25) is 9.59 Å². The number of aromatic nitrogens is 3. The second kappa shape index (κ2) is 8.06. The summed E-state index contributed by atoms with van der Waals surface area (Å²) in [4.78, 5) is 28.2. The number of thioether (sulfide) groups is 1. The molecule has 1 aromatic carbocycles. The molecular formula is C22H27N5O2S. The number of anilines is 1. The summed E-state index contributed by atoms with van der Waals surface area (Å²) in [6.45, 7) is 4.31. The van der Waals surface area contributed by atoms with Crippen LogP contribution in [0.4, 0.5) is 5.69 Å². The number of nitrogens with zero attached hydrogens (tertiary/aromatic N) is 4. The summed E-state index contributed by atoms with van der Waals surface area (Å²) < 4.78 is 2.30. The summed E-state index contributed by atoms with van der Waals surface area (Å²) in [5.74, 6) is 2.39. The van der Waals surface area contributed by atoms with E-state index in [2.05, 4.69) is 20.1 Å². The standard InChI is InChI=1S/C22H27N5O2S/c1-14-21(28)23-17-12-15(8-9-18(17)30-14)22(29)26-10-5-6-16(13-26)20-25-24-19-7-3-2-4-11-27(19)20/h8-9,12,14,16H,2-7,10-11,13H2,1H3,(H,23,28). The van der Waals surface area contributed by atoms with Crippen molar-refractivity contribution < 1.29 is 9.59 Å². The van der Waals surface area contributed by atoms with Gasteiger partial charge in [0.1, 0.15) is 11.6 Å². The van der Waals surface area contributed by atoms with Crippen molar-refractivity contribution in [3.05, 3.63) is 35.4 Å². The van der Waals surface area contributed by atoms with E-state index >= 15 is 0 Å². The Bertz CT molecular complexity index is 988. The lowest BCUT2D eigenvalue weighted by molar-refractivity contribution is -0.115. The Morgan fingerprint density at radius 2 is 2.07 bits per heavy atom. The molecule has 5 rings (SSSR count). The number of carbonyl (C=O) groups is 2. The van der Waals surface area contributed by atoms with E-state index in [1.807, 2.05) is 30.0 Å². The lowest BCUT2D eigenvalue weighted by Gasteiger charge is -2.33. The average molecular weight is 426 g/mol. The van der Waals surface area contributed by atoms with Crippen molar-refractivity contribution in [3.8, 4) is 0 Å². The van der Waals surface area contributed by atoms with Gasteiger partial charge in [-0.05, 0) is 50.8 Å². The molecule has 1 aromatic heterocycles. The zero-order valence-electron chi connectivity index (χ0n) is 17.3. The molecule has 1 N–H and O–H groups in total. The van der Waals surface area contributed by atoms with Gasteiger partial charge in [0.05, 0.1) is 10.9 Å². The number of amides is 2. The first kappa shape index (κ1) is 19.6. The van der Waals surface area contributed by atoms with Gasteiger partial charge in [-0.15, -0.1) is 22.0 Å². The van der Waals surface area contributed by atoms with Gasteiger partial charge in [0.2, 0.25) is 5.91 Å². The molecule has 0 spiro atoms. The van der Waals surface area contributed by atoms with Gasteiger partial charge in [-0.25, -0.2) is 0 Å². The van der Waals surface area contributed by atoms with Crippen LogP contribution in [0.5, 0.6) is 0 Å². The molecule has 1 saturated heterocycles. The van der Waals surface area contributed by atoms with Crippen LogP contribution in [-0.2, 0) is 17.8 Å². The van der Waals surface area contributed by atoms with Crippen molar-refractivity contribution in [1.82, 2.24) is 19.7 Å². The summed E-state index contributed by atoms with van der Waals surface area (Å²) in [5, 5.41) is 11.8. The number of likely N-dealkylation sites (tertiary alicyclic amines) is 1. The van der Waals surface area contributed by atoms with Gasteiger partial charge in [-0.2, -0.15) is 0 Å². The molecule has 0 bridgehead atoms. The molecule has 158 valence electrons. The quantitative estimate of drug-likeness (QED) is 0.797. The monoisotopic (exact) mass is 425 g/mol. The summed E-state index contributed by atoms with van der Waals surface area (Å²) in [6.07, 6.45) is 6.60. The molecule has 0 saturated carbocycles. The number of nitrogens with one attached hydrogen (secondary N) is 1.